The third-order valence-electron chi connectivity index (χ3n) is 4.12. The molecule has 1 amide bonds. The molecule has 8 heteroatoms. The summed E-state index contributed by atoms with van der Waals surface area (Å²) in [6.07, 6.45) is 0.862. The summed E-state index contributed by atoms with van der Waals surface area (Å²) in [5, 5.41) is 2.77. The number of halogens is 1. The molecule has 2 N–H and O–H groups in total. The highest BCUT2D eigenvalue weighted by molar-refractivity contribution is 7.92. The average molecular weight is 419 g/mol. The number of sulfonamides is 1. The van der Waals surface area contributed by atoms with E-state index in [1.807, 2.05) is 19.9 Å². The Balaban J connectivity index is 1.72. The molecule has 2 aromatic carbocycles. The van der Waals surface area contributed by atoms with Gasteiger partial charge >= 0.3 is 0 Å². The second-order valence-electron chi connectivity index (χ2n) is 6.14. The Hall–Kier alpha value is -2.71. The summed E-state index contributed by atoms with van der Waals surface area (Å²) in [6.45, 7) is 4.01. The summed E-state index contributed by atoms with van der Waals surface area (Å²) in [5.74, 6) is -0.769. The largest absolute Gasteiger partial charge is 0.321 e. The van der Waals surface area contributed by atoms with E-state index in [-0.39, 0.29) is 16.5 Å². The molecule has 0 saturated heterocycles. The van der Waals surface area contributed by atoms with Gasteiger partial charge in [-0.1, -0.05) is 13.0 Å². The topological polar surface area (TPSA) is 75.3 Å². The lowest BCUT2D eigenvalue weighted by Crippen LogP contribution is -2.14. The lowest BCUT2D eigenvalue weighted by atomic mass is 10.2. The van der Waals surface area contributed by atoms with Crippen molar-refractivity contribution in [3.05, 3.63) is 75.7 Å². The van der Waals surface area contributed by atoms with Crippen molar-refractivity contribution in [3.8, 4) is 0 Å². The quantitative estimate of drug-likeness (QED) is 0.603. The molecule has 0 fully saturated rings. The zero-order chi connectivity index (χ0) is 20.3. The number of carbonyl (C=O) groups excluding carboxylic acids is 1. The number of carbonyl (C=O) groups is 1. The van der Waals surface area contributed by atoms with Gasteiger partial charge in [-0.05, 0) is 67.4 Å². The van der Waals surface area contributed by atoms with E-state index < -0.39 is 15.8 Å². The Morgan fingerprint density at radius 2 is 1.79 bits per heavy atom. The Morgan fingerprint density at radius 1 is 1.07 bits per heavy atom. The second-order valence-corrected chi connectivity index (χ2v) is 9.08. The lowest BCUT2D eigenvalue weighted by molar-refractivity contribution is 0.103. The Kier molecular flexibility index (Phi) is 5.81. The summed E-state index contributed by atoms with van der Waals surface area (Å²) in [4.78, 5) is 14.1. The van der Waals surface area contributed by atoms with Crippen LogP contribution in [0.15, 0.2) is 59.5 Å². The molecule has 0 saturated carbocycles. The first-order chi connectivity index (χ1) is 13.3. The van der Waals surface area contributed by atoms with Crippen molar-refractivity contribution in [2.45, 2.75) is 25.2 Å². The van der Waals surface area contributed by atoms with Crippen molar-refractivity contribution in [2.24, 2.45) is 0 Å². The van der Waals surface area contributed by atoms with Crippen LogP contribution in [0.1, 0.15) is 27.0 Å². The van der Waals surface area contributed by atoms with Crippen LogP contribution in [0.25, 0.3) is 0 Å². The summed E-state index contributed by atoms with van der Waals surface area (Å²) >= 11 is 1.43. The number of hydrogen-bond donors (Lipinski definition) is 2. The van der Waals surface area contributed by atoms with Crippen molar-refractivity contribution in [2.75, 3.05) is 10.0 Å². The van der Waals surface area contributed by atoms with Crippen LogP contribution in [0.2, 0.25) is 0 Å². The summed E-state index contributed by atoms with van der Waals surface area (Å²) < 4.78 is 40.4. The molecule has 1 aromatic heterocycles. The van der Waals surface area contributed by atoms with Gasteiger partial charge in [0.15, 0.2) is 0 Å². The molecule has 146 valence electrons. The minimum absolute atomic E-state index is 0.00926. The smallest absolute Gasteiger partial charge is 0.265 e. The monoisotopic (exact) mass is 418 g/mol. The van der Waals surface area contributed by atoms with E-state index in [1.54, 1.807) is 0 Å². The zero-order valence-corrected chi connectivity index (χ0v) is 17.0. The summed E-state index contributed by atoms with van der Waals surface area (Å²) in [7, 11) is -3.86. The zero-order valence-electron chi connectivity index (χ0n) is 15.3. The highest BCUT2D eigenvalue weighted by atomic mass is 32.2. The van der Waals surface area contributed by atoms with Crippen LogP contribution in [-0.2, 0) is 16.4 Å². The fourth-order valence-corrected chi connectivity index (χ4v) is 4.72. The molecule has 28 heavy (non-hydrogen) atoms. The maximum absolute atomic E-state index is 13.2. The van der Waals surface area contributed by atoms with Crippen LogP contribution < -0.4 is 10.0 Å². The molecule has 0 aliphatic rings. The fraction of sp³-hybridized carbons (Fsp3) is 0.150. The minimum atomic E-state index is -3.86. The summed E-state index contributed by atoms with van der Waals surface area (Å²) in [6, 6.07) is 12.9. The van der Waals surface area contributed by atoms with Crippen LogP contribution in [0, 0.1) is 12.7 Å². The van der Waals surface area contributed by atoms with Gasteiger partial charge < -0.3 is 5.32 Å². The van der Waals surface area contributed by atoms with E-state index in [9.17, 15) is 17.6 Å². The first kappa shape index (κ1) is 20.0. The van der Waals surface area contributed by atoms with Crippen LogP contribution in [-0.4, -0.2) is 14.3 Å². The highest BCUT2D eigenvalue weighted by Crippen LogP contribution is 2.24. The predicted octanol–water partition coefficient (Wildman–Crippen LogP) is 4.81. The number of hydrogen-bond acceptors (Lipinski definition) is 4. The van der Waals surface area contributed by atoms with Gasteiger partial charge in [0.2, 0.25) is 0 Å². The number of rotatable bonds is 6. The van der Waals surface area contributed by atoms with Crippen LogP contribution in [0.5, 0.6) is 0 Å². The molecule has 0 aliphatic heterocycles. The van der Waals surface area contributed by atoms with E-state index in [0.717, 1.165) is 22.9 Å². The molecule has 0 atom stereocenters. The van der Waals surface area contributed by atoms with Gasteiger partial charge in [-0.2, -0.15) is 0 Å². The Labute approximate surface area is 167 Å². The van der Waals surface area contributed by atoms with Crippen molar-refractivity contribution in [1.82, 2.24) is 0 Å². The first-order valence-electron chi connectivity index (χ1n) is 8.57. The fourth-order valence-electron chi connectivity index (χ4n) is 2.66. The Morgan fingerprint density at radius 3 is 2.39 bits per heavy atom. The molecule has 3 aromatic rings. The van der Waals surface area contributed by atoms with Crippen molar-refractivity contribution in [1.29, 1.82) is 0 Å². The van der Waals surface area contributed by atoms with Crippen molar-refractivity contribution < 1.29 is 17.6 Å². The molecule has 0 bridgehead atoms. The lowest BCUT2D eigenvalue weighted by Gasteiger charge is -2.09. The van der Waals surface area contributed by atoms with Gasteiger partial charge in [-0.15, -0.1) is 11.3 Å². The Bertz CT molecular complexity index is 1110. The molecular weight excluding hydrogens is 399 g/mol. The van der Waals surface area contributed by atoms with Crippen LogP contribution in [0.4, 0.5) is 15.8 Å². The van der Waals surface area contributed by atoms with Crippen molar-refractivity contribution >= 4 is 38.6 Å². The number of anilines is 2. The van der Waals surface area contributed by atoms with Crippen LogP contribution >= 0.6 is 11.3 Å². The number of nitrogens with one attached hydrogen (secondary N) is 2. The molecule has 5 nitrogen and oxygen atoms in total. The number of amides is 1. The normalized spacial score (nSPS) is 11.2. The minimum Gasteiger partial charge on any atom is -0.321 e. The molecule has 0 aliphatic carbocycles. The maximum Gasteiger partial charge on any atom is 0.265 e. The third kappa shape index (κ3) is 4.58. The van der Waals surface area contributed by atoms with E-state index in [2.05, 4.69) is 10.0 Å². The van der Waals surface area contributed by atoms with E-state index in [0.29, 0.717) is 10.6 Å². The van der Waals surface area contributed by atoms with Gasteiger partial charge in [-0.25, -0.2) is 12.8 Å². The molecule has 0 unspecified atom stereocenters. The van der Waals surface area contributed by atoms with Crippen LogP contribution in [0.3, 0.4) is 0 Å². The van der Waals surface area contributed by atoms with Gasteiger partial charge in [0, 0.05) is 10.6 Å². The number of aryl methyl sites for hydroxylation is 2. The second kappa shape index (κ2) is 8.12. The van der Waals surface area contributed by atoms with E-state index in [4.69, 9.17) is 0 Å². The van der Waals surface area contributed by atoms with Gasteiger partial charge in [0.1, 0.15) is 5.82 Å². The van der Waals surface area contributed by atoms with E-state index in [1.165, 1.54) is 53.8 Å². The average Bonchev–Trinajstić information content (AvgIpc) is 3.03. The molecule has 0 spiro atoms. The van der Waals surface area contributed by atoms with Crippen molar-refractivity contribution in [3.63, 3.8) is 0 Å². The molecular formula is C20H19FN2O3S2. The van der Waals surface area contributed by atoms with Gasteiger partial charge in [-0.3, -0.25) is 9.52 Å². The molecule has 1 heterocycles. The number of thiophene rings is 1. The van der Waals surface area contributed by atoms with Gasteiger partial charge in [0.05, 0.1) is 15.5 Å². The maximum atomic E-state index is 13.2. The SMILES string of the molecule is CCc1cc(C(=O)Nc2ccc(S(=O)(=O)Nc3cccc(F)c3)cc2)sc1C. The predicted molar refractivity (Wildman–Crippen MR) is 110 cm³/mol. The summed E-state index contributed by atoms with van der Waals surface area (Å²) in [5.41, 5.74) is 1.76. The van der Waals surface area contributed by atoms with Gasteiger partial charge in [0.25, 0.3) is 15.9 Å². The van der Waals surface area contributed by atoms with E-state index >= 15 is 0 Å². The molecule has 3 rings (SSSR count). The highest BCUT2D eigenvalue weighted by Gasteiger charge is 2.16. The first-order valence-corrected chi connectivity index (χ1v) is 10.9. The number of benzene rings is 2. The molecule has 0 radical (unpaired) electrons. The standard InChI is InChI=1S/C20H19FN2O3S2/c1-3-14-11-19(27-13(14)2)20(24)22-16-7-9-18(10-8-16)28(25,26)23-17-6-4-5-15(21)12-17/h4-12,23H,3H2,1-2H3,(H,22,24). The third-order valence-corrected chi connectivity index (χ3v) is 6.61.